The van der Waals surface area contributed by atoms with Gasteiger partial charge in [0, 0.05) is 45.2 Å². The lowest BCUT2D eigenvalue weighted by Gasteiger charge is -2.43. The van der Waals surface area contributed by atoms with E-state index in [1.54, 1.807) is 20.4 Å². The number of alkyl halides is 1. The van der Waals surface area contributed by atoms with E-state index >= 15 is 0 Å². The number of aromatic nitrogens is 2. The first kappa shape index (κ1) is 29.0. The van der Waals surface area contributed by atoms with E-state index in [0.29, 0.717) is 25.7 Å². The number of imidazole rings is 1. The number of piperidine rings is 1. The summed E-state index contributed by atoms with van der Waals surface area (Å²) in [6.07, 6.45) is 8.50. The molecule has 3 aliphatic rings. The van der Waals surface area contributed by atoms with Gasteiger partial charge >= 0.3 is 0 Å². The van der Waals surface area contributed by atoms with Gasteiger partial charge in [-0.05, 0) is 83.0 Å². The first-order chi connectivity index (χ1) is 18.2. The molecule has 9 unspecified atom stereocenters. The highest BCUT2D eigenvalue weighted by atomic mass is 19.1. The minimum absolute atomic E-state index is 0.00584. The second-order valence-electron chi connectivity index (χ2n) is 11.9. The van der Waals surface area contributed by atoms with Crippen LogP contribution in [0.3, 0.4) is 0 Å². The van der Waals surface area contributed by atoms with Gasteiger partial charge in [0.1, 0.15) is 12.0 Å². The van der Waals surface area contributed by atoms with Crippen LogP contribution in [-0.2, 0) is 25.6 Å². The van der Waals surface area contributed by atoms with Gasteiger partial charge in [-0.3, -0.25) is 9.59 Å². The molecule has 9 atom stereocenters. The maximum Gasteiger partial charge on any atom is 0.237 e. The first-order valence-corrected chi connectivity index (χ1v) is 14.2. The molecule has 0 spiro atoms. The molecule has 0 bridgehead atoms. The second kappa shape index (κ2) is 12.9. The number of primary amides is 1. The standard InChI is InChI=1S/C28H46FN5O4/c1-16(20-11-21(37-3)14-22(12-20)38-4)32-28(36)26-10-18(15-34-8-7-31-17(34)2)9-25(33-26)19-5-6-24(29)23(13-19)27(30)35/h7-8,16,18-26,33H,5-6,9-15H2,1-4H3,(H2,30,35)(H,32,36). The number of aryl methyl sites for hydroxylation is 1. The number of carbonyl (C=O) groups is 2. The van der Waals surface area contributed by atoms with E-state index < -0.39 is 18.0 Å². The molecule has 3 fully saturated rings. The third-order valence-corrected chi connectivity index (χ3v) is 9.41. The summed E-state index contributed by atoms with van der Waals surface area (Å²) in [6, 6.07) is -0.362. The third kappa shape index (κ3) is 6.93. The van der Waals surface area contributed by atoms with Crippen LogP contribution in [0.5, 0.6) is 0 Å². The number of nitrogens with two attached hydrogens (primary N) is 1. The van der Waals surface area contributed by atoms with Crippen molar-refractivity contribution in [3.05, 3.63) is 18.2 Å². The molecule has 38 heavy (non-hydrogen) atoms. The Morgan fingerprint density at radius 1 is 1.16 bits per heavy atom. The number of methoxy groups -OCH3 is 2. The highest BCUT2D eigenvalue weighted by Gasteiger charge is 2.42. The summed E-state index contributed by atoms with van der Waals surface area (Å²) < 4.78 is 27.8. The monoisotopic (exact) mass is 535 g/mol. The summed E-state index contributed by atoms with van der Waals surface area (Å²) in [7, 11) is 3.47. The molecule has 1 aliphatic heterocycles. The van der Waals surface area contributed by atoms with Crippen molar-refractivity contribution in [3.63, 3.8) is 0 Å². The number of carbonyl (C=O) groups excluding carboxylic acids is 2. The van der Waals surface area contributed by atoms with E-state index in [2.05, 4.69) is 27.1 Å². The number of nitrogens with one attached hydrogen (secondary N) is 2. The maximum absolute atomic E-state index is 14.4. The predicted octanol–water partition coefficient (Wildman–Crippen LogP) is 2.50. The van der Waals surface area contributed by atoms with Gasteiger partial charge < -0.3 is 30.4 Å². The van der Waals surface area contributed by atoms with Crippen LogP contribution >= 0.6 is 0 Å². The van der Waals surface area contributed by atoms with E-state index in [9.17, 15) is 14.0 Å². The Kier molecular flexibility index (Phi) is 9.81. The number of nitrogens with zero attached hydrogens (tertiary/aromatic N) is 2. The zero-order chi connectivity index (χ0) is 27.4. The average Bonchev–Trinajstić information content (AvgIpc) is 3.31. The van der Waals surface area contributed by atoms with Crippen LogP contribution in [0.15, 0.2) is 12.4 Å². The zero-order valence-corrected chi connectivity index (χ0v) is 23.3. The lowest BCUT2D eigenvalue weighted by Crippen LogP contribution is -2.58. The molecule has 4 rings (SSSR count). The fourth-order valence-electron chi connectivity index (χ4n) is 7.04. The molecule has 2 heterocycles. The topological polar surface area (TPSA) is 120 Å². The quantitative estimate of drug-likeness (QED) is 0.447. The molecule has 10 heteroatoms. The van der Waals surface area contributed by atoms with Crippen molar-refractivity contribution < 1.29 is 23.5 Å². The van der Waals surface area contributed by atoms with Gasteiger partial charge in [-0.15, -0.1) is 0 Å². The average molecular weight is 536 g/mol. The van der Waals surface area contributed by atoms with E-state index in [1.807, 2.05) is 13.1 Å². The highest BCUT2D eigenvalue weighted by Crippen LogP contribution is 2.38. The van der Waals surface area contributed by atoms with Crippen LogP contribution in [0.1, 0.15) is 64.1 Å². The summed E-state index contributed by atoms with van der Waals surface area (Å²) in [5.74, 6) is 0.231. The van der Waals surface area contributed by atoms with Gasteiger partial charge in [0.2, 0.25) is 11.8 Å². The van der Waals surface area contributed by atoms with Gasteiger partial charge in [0.25, 0.3) is 0 Å². The summed E-state index contributed by atoms with van der Waals surface area (Å²) in [5.41, 5.74) is 5.53. The molecule has 0 radical (unpaired) electrons. The molecule has 9 nitrogen and oxygen atoms in total. The van der Waals surface area contributed by atoms with Crippen molar-refractivity contribution in [1.29, 1.82) is 0 Å². The Balaban J connectivity index is 1.45. The van der Waals surface area contributed by atoms with Crippen LogP contribution in [0.4, 0.5) is 4.39 Å². The summed E-state index contributed by atoms with van der Waals surface area (Å²) >= 11 is 0. The number of halogens is 1. The molecule has 2 saturated carbocycles. The van der Waals surface area contributed by atoms with Gasteiger partial charge in [0.05, 0.1) is 24.2 Å². The summed E-state index contributed by atoms with van der Waals surface area (Å²) in [5, 5.41) is 6.90. The first-order valence-electron chi connectivity index (χ1n) is 14.2. The Bertz CT molecular complexity index is 932. The Morgan fingerprint density at radius 2 is 1.87 bits per heavy atom. The largest absolute Gasteiger partial charge is 0.381 e. The SMILES string of the molecule is COC1CC(OC)CC(C(C)NC(=O)C2CC(Cn3ccnc3C)CC(C3CCC(F)C(C(N)=O)C3)N2)C1. The predicted molar refractivity (Wildman–Crippen MR) is 142 cm³/mol. The van der Waals surface area contributed by atoms with Gasteiger partial charge in [-0.2, -0.15) is 0 Å². The third-order valence-electron chi connectivity index (χ3n) is 9.41. The second-order valence-corrected chi connectivity index (χ2v) is 11.9. The van der Waals surface area contributed by atoms with Crippen LogP contribution in [0.25, 0.3) is 0 Å². The Morgan fingerprint density at radius 3 is 2.47 bits per heavy atom. The molecule has 1 aromatic heterocycles. The Labute approximate surface area is 225 Å². The van der Waals surface area contributed by atoms with E-state index in [0.717, 1.165) is 38.1 Å². The van der Waals surface area contributed by atoms with E-state index in [1.165, 1.54) is 0 Å². The van der Waals surface area contributed by atoms with E-state index in [4.69, 9.17) is 15.2 Å². The smallest absolute Gasteiger partial charge is 0.237 e. The minimum atomic E-state index is -1.18. The number of hydrogen-bond acceptors (Lipinski definition) is 6. The van der Waals surface area contributed by atoms with Gasteiger partial charge in [-0.25, -0.2) is 9.37 Å². The summed E-state index contributed by atoms with van der Waals surface area (Å²) in [4.78, 5) is 29.9. The zero-order valence-electron chi connectivity index (χ0n) is 23.3. The van der Waals surface area contributed by atoms with Crippen LogP contribution in [0, 0.1) is 30.6 Å². The van der Waals surface area contributed by atoms with Crippen molar-refractivity contribution >= 4 is 11.8 Å². The lowest BCUT2D eigenvalue weighted by atomic mass is 9.72. The number of hydrogen-bond donors (Lipinski definition) is 3. The normalized spacial score (nSPS) is 36.9. The molecule has 2 amide bonds. The molecular formula is C28H46FN5O4. The maximum atomic E-state index is 14.4. The van der Waals surface area contributed by atoms with Crippen molar-refractivity contribution in [2.24, 2.45) is 29.4 Å². The van der Waals surface area contributed by atoms with Crippen LogP contribution in [0.2, 0.25) is 0 Å². The van der Waals surface area contributed by atoms with Crippen molar-refractivity contribution in [3.8, 4) is 0 Å². The number of rotatable bonds is 9. The van der Waals surface area contributed by atoms with Crippen LogP contribution in [-0.4, -0.2) is 72.1 Å². The molecule has 214 valence electrons. The minimum Gasteiger partial charge on any atom is -0.381 e. The summed E-state index contributed by atoms with van der Waals surface area (Å²) in [6.45, 7) is 4.82. The van der Waals surface area contributed by atoms with Gasteiger partial charge in [-0.1, -0.05) is 0 Å². The fourth-order valence-corrected chi connectivity index (χ4v) is 7.04. The number of amides is 2. The van der Waals surface area contributed by atoms with Crippen molar-refractivity contribution in [2.75, 3.05) is 14.2 Å². The lowest BCUT2D eigenvalue weighted by molar-refractivity contribution is -0.128. The van der Waals surface area contributed by atoms with Crippen molar-refractivity contribution in [2.45, 2.75) is 108 Å². The fraction of sp³-hybridized carbons (Fsp3) is 0.821. The Hall–Kier alpha value is -2.04. The van der Waals surface area contributed by atoms with Crippen molar-refractivity contribution in [1.82, 2.24) is 20.2 Å². The number of ether oxygens (including phenoxy) is 2. The van der Waals surface area contributed by atoms with Gasteiger partial charge in [0.15, 0.2) is 0 Å². The van der Waals surface area contributed by atoms with Crippen LogP contribution < -0.4 is 16.4 Å². The molecule has 0 aromatic carbocycles. The molecule has 4 N–H and O–H groups in total. The molecule has 1 aromatic rings. The van der Waals surface area contributed by atoms with E-state index in [-0.39, 0.29) is 54.0 Å². The molecule has 2 aliphatic carbocycles. The molecular weight excluding hydrogens is 489 g/mol. The molecule has 1 saturated heterocycles. The highest BCUT2D eigenvalue weighted by molar-refractivity contribution is 5.82.